The fourth-order valence-electron chi connectivity index (χ4n) is 0.907. The highest BCUT2D eigenvalue weighted by molar-refractivity contribution is 5.28. The number of nitrogens with two attached hydrogens (primary N) is 1. The van der Waals surface area contributed by atoms with Crippen LogP contribution in [0.5, 0.6) is 0 Å². The number of hydrogen-bond acceptors (Lipinski definition) is 2. The van der Waals surface area contributed by atoms with Crippen molar-refractivity contribution in [3.8, 4) is 0 Å². The molecule has 0 aliphatic heterocycles. The van der Waals surface area contributed by atoms with Crippen LogP contribution < -0.4 is 11.1 Å². The minimum atomic E-state index is 0.133. The fraction of sp³-hybridized carbons (Fsp3) is 0.455. The second-order valence-electron chi connectivity index (χ2n) is 3.88. The molecule has 0 aromatic heterocycles. The summed E-state index contributed by atoms with van der Waals surface area (Å²) < 4.78 is 0. The van der Waals surface area contributed by atoms with Crippen LogP contribution in [-0.2, 0) is 0 Å². The Kier molecular flexibility index (Phi) is 4.97. The number of rotatable bonds is 3. The Balaban J connectivity index is 4.61. The summed E-state index contributed by atoms with van der Waals surface area (Å²) in [6.45, 7) is 6.48. The van der Waals surface area contributed by atoms with Gasteiger partial charge in [-0.05, 0) is 35.5 Å². The lowest BCUT2D eigenvalue weighted by atomic mass is 9.86. The highest BCUT2D eigenvalue weighted by Gasteiger charge is 2.13. The van der Waals surface area contributed by atoms with E-state index in [1.807, 2.05) is 25.4 Å². The first-order valence-electron chi connectivity index (χ1n) is 4.45. The summed E-state index contributed by atoms with van der Waals surface area (Å²) in [5.41, 5.74) is 6.71. The molecule has 0 spiro atoms. The van der Waals surface area contributed by atoms with Crippen molar-refractivity contribution in [3.63, 3.8) is 0 Å². The molecule has 0 saturated carbocycles. The monoisotopic (exact) mass is 180 g/mol. The zero-order chi connectivity index (χ0) is 10.3. The molecule has 2 heteroatoms. The topological polar surface area (TPSA) is 38.0 Å². The molecule has 0 aromatic rings. The van der Waals surface area contributed by atoms with Crippen molar-refractivity contribution in [2.24, 2.45) is 11.1 Å². The Morgan fingerprint density at radius 1 is 1.31 bits per heavy atom. The molecule has 3 N–H and O–H groups in total. The van der Waals surface area contributed by atoms with Gasteiger partial charge in [-0.15, -0.1) is 0 Å². The van der Waals surface area contributed by atoms with Crippen LogP contribution in [0.1, 0.15) is 20.8 Å². The Hall–Kier alpha value is -1.18. The first kappa shape index (κ1) is 11.8. The van der Waals surface area contributed by atoms with Gasteiger partial charge in [0.15, 0.2) is 0 Å². The Morgan fingerprint density at radius 3 is 2.31 bits per heavy atom. The molecule has 0 atom stereocenters. The maximum absolute atomic E-state index is 5.37. The fourth-order valence-corrected chi connectivity index (χ4v) is 0.907. The first-order valence-corrected chi connectivity index (χ1v) is 4.45. The molecule has 0 aliphatic carbocycles. The molecule has 0 fully saturated rings. The molecule has 0 bridgehead atoms. The van der Waals surface area contributed by atoms with Crippen LogP contribution in [0.4, 0.5) is 0 Å². The molecule has 0 heterocycles. The van der Waals surface area contributed by atoms with E-state index in [4.69, 9.17) is 5.73 Å². The van der Waals surface area contributed by atoms with Gasteiger partial charge in [0.25, 0.3) is 0 Å². The summed E-state index contributed by atoms with van der Waals surface area (Å²) >= 11 is 0. The van der Waals surface area contributed by atoms with Crippen molar-refractivity contribution in [1.82, 2.24) is 5.32 Å². The van der Waals surface area contributed by atoms with Gasteiger partial charge in [-0.25, -0.2) is 0 Å². The molecule has 2 nitrogen and oxygen atoms in total. The van der Waals surface area contributed by atoms with Gasteiger partial charge >= 0.3 is 0 Å². The minimum Gasteiger partial charge on any atom is -0.405 e. The smallest absolute Gasteiger partial charge is 0.00277 e. The van der Waals surface area contributed by atoms with Crippen LogP contribution in [0.25, 0.3) is 0 Å². The summed E-state index contributed by atoms with van der Waals surface area (Å²) in [6.07, 6.45) is 9.42. The van der Waals surface area contributed by atoms with Crippen LogP contribution in [0, 0.1) is 5.41 Å². The lowest BCUT2D eigenvalue weighted by Gasteiger charge is -2.19. The molecule has 0 unspecified atom stereocenters. The van der Waals surface area contributed by atoms with E-state index in [1.54, 1.807) is 6.20 Å². The van der Waals surface area contributed by atoms with E-state index >= 15 is 0 Å². The average Bonchev–Trinajstić information content (AvgIpc) is 2.01. The maximum Gasteiger partial charge on any atom is 0.00277 e. The highest BCUT2D eigenvalue weighted by atomic mass is 14.8. The van der Waals surface area contributed by atoms with Crippen molar-refractivity contribution in [2.75, 3.05) is 7.05 Å². The quantitative estimate of drug-likeness (QED) is 0.653. The van der Waals surface area contributed by atoms with E-state index in [0.29, 0.717) is 0 Å². The number of hydrogen-bond donors (Lipinski definition) is 2. The third-order valence-electron chi connectivity index (χ3n) is 1.68. The Morgan fingerprint density at radius 2 is 1.92 bits per heavy atom. The van der Waals surface area contributed by atoms with Crippen LogP contribution in [0.2, 0.25) is 0 Å². The summed E-state index contributed by atoms with van der Waals surface area (Å²) in [7, 11) is 1.87. The van der Waals surface area contributed by atoms with Gasteiger partial charge in [-0.2, -0.15) is 0 Å². The van der Waals surface area contributed by atoms with Crippen molar-refractivity contribution in [1.29, 1.82) is 0 Å². The van der Waals surface area contributed by atoms with Crippen molar-refractivity contribution >= 4 is 0 Å². The van der Waals surface area contributed by atoms with Crippen molar-refractivity contribution in [3.05, 3.63) is 36.2 Å². The molecule has 13 heavy (non-hydrogen) atoms. The molecule has 0 aliphatic rings. The van der Waals surface area contributed by atoms with E-state index in [0.717, 1.165) is 0 Å². The summed E-state index contributed by atoms with van der Waals surface area (Å²) in [6, 6.07) is 0. The number of allylic oxidation sites excluding steroid dienone is 4. The first-order chi connectivity index (χ1) is 6.02. The molecule has 0 saturated heterocycles. The SMILES string of the molecule is CN/C=C/C=C(\C=C/N)C(C)(C)C. The second kappa shape index (κ2) is 5.46. The van der Waals surface area contributed by atoms with Gasteiger partial charge < -0.3 is 11.1 Å². The Bertz CT molecular complexity index is 217. The molecule has 74 valence electrons. The summed E-state index contributed by atoms with van der Waals surface area (Å²) in [5.74, 6) is 0. The van der Waals surface area contributed by atoms with Crippen molar-refractivity contribution in [2.45, 2.75) is 20.8 Å². The van der Waals surface area contributed by atoms with Crippen LogP contribution in [0.15, 0.2) is 36.2 Å². The lowest BCUT2D eigenvalue weighted by molar-refractivity contribution is 0.517. The zero-order valence-electron chi connectivity index (χ0n) is 8.96. The van der Waals surface area contributed by atoms with Crippen LogP contribution in [-0.4, -0.2) is 7.05 Å². The standard InChI is InChI=1S/C11H20N2/c1-11(2,3)10(7-8-12)6-5-9-13-4/h5-9,13H,12H2,1-4H3/b8-7-,9-5+,10-6+. The van der Waals surface area contributed by atoms with Crippen molar-refractivity contribution < 1.29 is 0 Å². The van der Waals surface area contributed by atoms with Gasteiger partial charge in [-0.3, -0.25) is 0 Å². The molecule has 0 radical (unpaired) electrons. The van der Waals surface area contributed by atoms with Gasteiger partial charge in [0, 0.05) is 7.05 Å². The Labute approximate surface area is 81.2 Å². The van der Waals surface area contributed by atoms with E-state index in [1.165, 1.54) is 5.57 Å². The molecule has 0 aromatic carbocycles. The molecule has 0 rings (SSSR count). The second-order valence-corrected chi connectivity index (χ2v) is 3.88. The van der Waals surface area contributed by atoms with Crippen LogP contribution >= 0.6 is 0 Å². The van der Waals surface area contributed by atoms with E-state index in [-0.39, 0.29) is 5.41 Å². The summed E-state index contributed by atoms with van der Waals surface area (Å²) in [5, 5.41) is 2.94. The summed E-state index contributed by atoms with van der Waals surface area (Å²) in [4.78, 5) is 0. The largest absolute Gasteiger partial charge is 0.405 e. The third kappa shape index (κ3) is 5.12. The van der Waals surface area contributed by atoms with Gasteiger partial charge in [-0.1, -0.05) is 26.8 Å². The van der Waals surface area contributed by atoms with Crippen LogP contribution in [0.3, 0.4) is 0 Å². The predicted octanol–water partition coefficient (Wildman–Crippen LogP) is 2.16. The van der Waals surface area contributed by atoms with E-state index in [9.17, 15) is 0 Å². The lowest BCUT2D eigenvalue weighted by Crippen LogP contribution is -2.07. The zero-order valence-corrected chi connectivity index (χ0v) is 8.96. The normalized spacial score (nSPS) is 14.3. The molecule has 0 amide bonds. The molecular formula is C11H20N2. The third-order valence-corrected chi connectivity index (χ3v) is 1.68. The highest BCUT2D eigenvalue weighted by Crippen LogP contribution is 2.25. The van der Waals surface area contributed by atoms with E-state index in [2.05, 4.69) is 32.2 Å². The predicted molar refractivity (Wildman–Crippen MR) is 59.1 cm³/mol. The number of nitrogens with one attached hydrogen (secondary N) is 1. The minimum absolute atomic E-state index is 0.133. The average molecular weight is 180 g/mol. The maximum atomic E-state index is 5.37. The van der Waals surface area contributed by atoms with Gasteiger partial charge in [0.2, 0.25) is 0 Å². The molecular weight excluding hydrogens is 160 g/mol. The van der Waals surface area contributed by atoms with Gasteiger partial charge in [0.05, 0.1) is 0 Å². The van der Waals surface area contributed by atoms with E-state index < -0.39 is 0 Å². The van der Waals surface area contributed by atoms with Gasteiger partial charge in [0.1, 0.15) is 0 Å².